The quantitative estimate of drug-likeness (QED) is 0.741. The van der Waals surface area contributed by atoms with Gasteiger partial charge in [-0.1, -0.05) is 13.8 Å². The summed E-state index contributed by atoms with van der Waals surface area (Å²) in [6.07, 6.45) is 5.41. The number of nitrogens with one attached hydrogen (secondary N) is 1. The molecule has 0 amide bonds. The number of halogens is 1. The van der Waals surface area contributed by atoms with Crippen LogP contribution in [0.1, 0.15) is 38.6 Å². The highest BCUT2D eigenvalue weighted by Gasteiger charge is 2.17. The Morgan fingerprint density at radius 2 is 2.11 bits per heavy atom. The molecule has 1 heterocycles. The highest BCUT2D eigenvalue weighted by Crippen LogP contribution is 2.24. The SMILES string of the molecule is CCNC(CCSC)Cc1c(Br)c(CC)nn1CC. The van der Waals surface area contributed by atoms with Gasteiger partial charge >= 0.3 is 0 Å². The number of hydrogen-bond donors (Lipinski definition) is 1. The van der Waals surface area contributed by atoms with E-state index < -0.39 is 0 Å². The van der Waals surface area contributed by atoms with E-state index in [9.17, 15) is 0 Å². The van der Waals surface area contributed by atoms with E-state index in [-0.39, 0.29) is 0 Å². The highest BCUT2D eigenvalue weighted by molar-refractivity contribution is 9.10. The van der Waals surface area contributed by atoms with E-state index in [1.54, 1.807) is 0 Å². The zero-order valence-corrected chi connectivity index (χ0v) is 14.9. The molecule has 0 aliphatic heterocycles. The van der Waals surface area contributed by atoms with Crippen molar-refractivity contribution in [2.75, 3.05) is 18.6 Å². The van der Waals surface area contributed by atoms with Crippen molar-refractivity contribution < 1.29 is 0 Å². The maximum Gasteiger partial charge on any atom is 0.0766 e. The van der Waals surface area contributed by atoms with Crippen LogP contribution in [0, 0.1) is 0 Å². The summed E-state index contributed by atoms with van der Waals surface area (Å²) in [5.41, 5.74) is 2.52. The summed E-state index contributed by atoms with van der Waals surface area (Å²) in [5.74, 6) is 1.20. The molecule has 0 saturated carbocycles. The molecule has 1 unspecified atom stereocenters. The Kier molecular flexibility index (Phi) is 8.11. The normalized spacial score (nSPS) is 12.9. The molecule has 110 valence electrons. The predicted octanol–water partition coefficient (Wildman–Crippen LogP) is 3.50. The molecule has 1 aromatic heterocycles. The summed E-state index contributed by atoms with van der Waals surface area (Å²) in [6.45, 7) is 8.46. The summed E-state index contributed by atoms with van der Waals surface area (Å²) in [6, 6.07) is 0.542. The van der Waals surface area contributed by atoms with Crippen LogP contribution in [0.3, 0.4) is 0 Å². The lowest BCUT2D eigenvalue weighted by molar-refractivity contribution is 0.488. The molecule has 1 N–H and O–H groups in total. The van der Waals surface area contributed by atoms with Crippen molar-refractivity contribution in [1.29, 1.82) is 0 Å². The zero-order valence-electron chi connectivity index (χ0n) is 12.5. The smallest absolute Gasteiger partial charge is 0.0766 e. The van der Waals surface area contributed by atoms with Gasteiger partial charge in [-0.3, -0.25) is 4.68 Å². The first-order valence-corrected chi connectivity index (χ1v) is 9.32. The Bertz CT molecular complexity index is 379. The van der Waals surface area contributed by atoms with Crippen molar-refractivity contribution in [3.05, 3.63) is 15.9 Å². The Morgan fingerprint density at radius 1 is 1.37 bits per heavy atom. The van der Waals surface area contributed by atoms with Crippen LogP contribution in [-0.4, -0.2) is 34.4 Å². The second kappa shape index (κ2) is 9.03. The number of aryl methyl sites for hydroxylation is 2. The van der Waals surface area contributed by atoms with Crippen molar-refractivity contribution in [3.63, 3.8) is 0 Å². The van der Waals surface area contributed by atoms with Gasteiger partial charge in [0, 0.05) is 19.0 Å². The largest absolute Gasteiger partial charge is 0.314 e. The van der Waals surface area contributed by atoms with E-state index >= 15 is 0 Å². The Balaban J connectivity index is 2.84. The summed E-state index contributed by atoms with van der Waals surface area (Å²) >= 11 is 5.65. The Labute approximate surface area is 130 Å². The summed E-state index contributed by atoms with van der Waals surface area (Å²) in [7, 11) is 0. The maximum absolute atomic E-state index is 4.68. The van der Waals surface area contributed by atoms with E-state index in [2.05, 4.69) is 58.1 Å². The molecule has 1 atom stereocenters. The molecule has 5 heteroatoms. The maximum atomic E-state index is 4.68. The molecule has 0 bridgehead atoms. The Morgan fingerprint density at radius 3 is 2.63 bits per heavy atom. The van der Waals surface area contributed by atoms with Crippen LogP contribution in [0.15, 0.2) is 4.47 Å². The molecule has 0 fully saturated rings. The topological polar surface area (TPSA) is 29.9 Å². The van der Waals surface area contributed by atoms with Gasteiger partial charge < -0.3 is 5.32 Å². The second-order valence-electron chi connectivity index (χ2n) is 4.62. The number of hydrogen-bond acceptors (Lipinski definition) is 3. The summed E-state index contributed by atoms with van der Waals surface area (Å²) < 4.78 is 3.36. The van der Waals surface area contributed by atoms with Crippen LogP contribution in [-0.2, 0) is 19.4 Å². The van der Waals surface area contributed by atoms with Crippen molar-refractivity contribution in [2.45, 2.75) is 52.6 Å². The first-order chi connectivity index (χ1) is 9.17. The van der Waals surface area contributed by atoms with E-state index in [1.165, 1.54) is 28.0 Å². The minimum Gasteiger partial charge on any atom is -0.314 e. The van der Waals surface area contributed by atoms with Gasteiger partial charge in [0.1, 0.15) is 0 Å². The van der Waals surface area contributed by atoms with Crippen LogP contribution in [0.2, 0.25) is 0 Å². The first-order valence-electron chi connectivity index (χ1n) is 7.14. The summed E-state index contributed by atoms with van der Waals surface area (Å²) in [4.78, 5) is 0. The standard InChI is InChI=1S/C14H26BrN3S/c1-5-12-14(15)13(18(7-3)17-12)10-11(16-6-2)8-9-19-4/h11,16H,5-10H2,1-4H3. The van der Waals surface area contributed by atoms with Crippen LogP contribution in [0.25, 0.3) is 0 Å². The fourth-order valence-electron chi connectivity index (χ4n) is 2.27. The highest BCUT2D eigenvalue weighted by atomic mass is 79.9. The van der Waals surface area contributed by atoms with Crippen molar-refractivity contribution in [2.24, 2.45) is 0 Å². The van der Waals surface area contributed by atoms with Crippen LogP contribution in [0.5, 0.6) is 0 Å². The molecular weight excluding hydrogens is 322 g/mol. The number of aromatic nitrogens is 2. The zero-order chi connectivity index (χ0) is 14.3. The fraction of sp³-hybridized carbons (Fsp3) is 0.786. The lowest BCUT2D eigenvalue weighted by Crippen LogP contribution is -2.32. The molecule has 0 radical (unpaired) electrons. The average molecular weight is 348 g/mol. The monoisotopic (exact) mass is 347 g/mol. The molecule has 0 spiro atoms. The van der Waals surface area contributed by atoms with E-state index in [0.717, 1.165) is 25.9 Å². The number of nitrogens with zero attached hydrogens (tertiary/aromatic N) is 2. The van der Waals surface area contributed by atoms with Crippen LogP contribution < -0.4 is 5.32 Å². The number of rotatable bonds is 9. The van der Waals surface area contributed by atoms with Gasteiger partial charge in [-0.25, -0.2) is 0 Å². The molecule has 0 saturated heterocycles. The van der Waals surface area contributed by atoms with Crippen molar-refractivity contribution >= 4 is 27.7 Å². The minimum absolute atomic E-state index is 0.542. The molecule has 19 heavy (non-hydrogen) atoms. The molecule has 1 rings (SSSR count). The molecular formula is C14H26BrN3S. The van der Waals surface area contributed by atoms with Crippen LogP contribution >= 0.6 is 27.7 Å². The van der Waals surface area contributed by atoms with E-state index in [1.807, 2.05) is 11.8 Å². The predicted molar refractivity (Wildman–Crippen MR) is 89.1 cm³/mol. The lowest BCUT2D eigenvalue weighted by atomic mass is 10.1. The third-order valence-corrected chi connectivity index (χ3v) is 4.86. The second-order valence-corrected chi connectivity index (χ2v) is 6.40. The first kappa shape index (κ1) is 17.1. The lowest BCUT2D eigenvalue weighted by Gasteiger charge is -2.18. The van der Waals surface area contributed by atoms with Gasteiger partial charge in [-0.05, 0) is 54.2 Å². The van der Waals surface area contributed by atoms with Gasteiger partial charge in [-0.2, -0.15) is 16.9 Å². The van der Waals surface area contributed by atoms with Crippen molar-refractivity contribution in [1.82, 2.24) is 15.1 Å². The molecule has 0 aromatic carbocycles. The van der Waals surface area contributed by atoms with Gasteiger partial charge in [0.2, 0.25) is 0 Å². The Hall–Kier alpha value is 0. The third-order valence-electron chi connectivity index (χ3n) is 3.30. The molecule has 1 aromatic rings. The van der Waals surface area contributed by atoms with Gasteiger partial charge in [0.05, 0.1) is 15.9 Å². The molecule has 0 aliphatic rings. The van der Waals surface area contributed by atoms with Gasteiger partial charge in [-0.15, -0.1) is 0 Å². The summed E-state index contributed by atoms with van der Waals surface area (Å²) in [5, 5.41) is 8.27. The molecule has 0 aliphatic carbocycles. The minimum atomic E-state index is 0.542. The number of thioether (sulfide) groups is 1. The van der Waals surface area contributed by atoms with Crippen molar-refractivity contribution in [3.8, 4) is 0 Å². The third kappa shape index (κ3) is 4.80. The van der Waals surface area contributed by atoms with Crippen LogP contribution in [0.4, 0.5) is 0 Å². The van der Waals surface area contributed by atoms with E-state index in [0.29, 0.717) is 6.04 Å². The fourth-order valence-corrected chi connectivity index (χ4v) is 3.52. The molecule has 3 nitrogen and oxygen atoms in total. The van der Waals surface area contributed by atoms with E-state index in [4.69, 9.17) is 0 Å². The average Bonchev–Trinajstić information content (AvgIpc) is 2.72. The van der Waals surface area contributed by atoms with Gasteiger partial charge in [0.15, 0.2) is 0 Å². The number of likely N-dealkylation sites (N-methyl/N-ethyl adjacent to an activating group) is 1. The van der Waals surface area contributed by atoms with Gasteiger partial charge in [0.25, 0.3) is 0 Å².